The highest BCUT2D eigenvalue weighted by molar-refractivity contribution is 5.97. The molecule has 3 N–H and O–H groups in total. The summed E-state index contributed by atoms with van der Waals surface area (Å²) in [5.41, 5.74) is 5.64. The lowest BCUT2D eigenvalue weighted by atomic mass is 10.0. The minimum Gasteiger partial charge on any atom is -0.385 e. The monoisotopic (exact) mass is 501 g/mol. The van der Waals surface area contributed by atoms with Gasteiger partial charge >= 0.3 is 0 Å². The lowest BCUT2D eigenvalue weighted by Crippen LogP contribution is -2.57. The average molecular weight is 502 g/mol. The Kier molecular flexibility index (Phi) is 9.70. The normalized spacial score (nSPS) is 19.3. The van der Waals surface area contributed by atoms with E-state index in [1.54, 1.807) is 30.2 Å². The van der Waals surface area contributed by atoms with Crippen LogP contribution in [0.15, 0.2) is 18.2 Å². The van der Waals surface area contributed by atoms with Crippen LogP contribution in [0.5, 0.6) is 0 Å². The standard InChI is InChI=1S/C27H43N5O4/c1-27(2,3)30-24(33)22(13-7-8-17-36-4)32(26(35)21-12-9-14-23(28)29-21)20-15-16-31(18-20)25(34)19-10-5-6-11-19/h9,12,14,19-20,22H,5-8,10-11,13,15-18H2,1-4H3,(H2,28,29)(H,30,33). The largest absolute Gasteiger partial charge is 0.385 e. The lowest BCUT2D eigenvalue weighted by Gasteiger charge is -2.37. The summed E-state index contributed by atoms with van der Waals surface area (Å²) in [6.45, 7) is 7.39. The van der Waals surface area contributed by atoms with Crippen molar-refractivity contribution in [2.24, 2.45) is 5.92 Å². The molecule has 3 amide bonds. The number of aromatic nitrogens is 1. The smallest absolute Gasteiger partial charge is 0.273 e. The van der Waals surface area contributed by atoms with Gasteiger partial charge in [0.05, 0.1) is 6.04 Å². The second-order valence-electron chi connectivity index (χ2n) is 11.1. The molecule has 1 saturated heterocycles. The summed E-state index contributed by atoms with van der Waals surface area (Å²) in [6, 6.07) is 3.99. The van der Waals surface area contributed by atoms with Crippen molar-refractivity contribution in [2.45, 2.75) is 89.8 Å². The predicted molar refractivity (Wildman–Crippen MR) is 139 cm³/mol. The van der Waals surface area contributed by atoms with E-state index in [1.807, 2.05) is 25.7 Å². The van der Waals surface area contributed by atoms with Gasteiger partial charge in [0.15, 0.2) is 0 Å². The van der Waals surface area contributed by atoms with E-state index in [9.17, 15) is 14.4 Å². The third-order valence-corrected chi connectivity index (χ3v) is 7.01. The topological polar surface area (TPSA) is 118 Å². The molecule has 1 aromatic rings. The van der Waals surface area contributed by atoms with Crippen LogP contribution in [-0.4, -0.2) is 76.9 Å². The van der Waals surface area contributed by atoms with E-state index in [0.717, 1.165) is 38.5 Å². The number of anilines is 1. The Bertz CT molecular complexity index is 910. The van der Waals surface area contributed by atoms with Gasteiger partial charge in [0.2, 0.25) is 11.8 Å². The maximum absolute atomic E-state index is 13.9. The second kappa shape index (κ2) is 12.5. The Labute approximate surface area is 215 Å². The average Bonchev–Trinajstić information content (AvgIpc) is 3.52. The number of rotatable bonds is 10. The molecule has 2 fully saturated rings. The van der Waals surface area contributed by atoms with Crippen molar-refractivity contribution in [3.8, 4) is 0 Å². The van der Waals surface area contributed by atoms with Gasteiger partial charge in [0.1, 0.15) is 17.6 Å². The summed E-state index contributed by atoms with van der Waals surface area (Å²) in [5, 5.41) is 3.07. The number of methoxy groups -OCH3 is 1. The summed E-state index contributed by atoms with van der Waals surface area (Å²) in [4.78, 5) is 48.5. The number of nitrogens with two attached hydrogens (primary N) is 1. The molecule has 1 aliphatic heterocycles. The Morgan fingerprint density at radius 3 is 2.56 bits per heavy atom. The zero-order valence-corrected chi connectivity index (χ0v) is 22.3. The van der Waals surface area contributed by atoms with Crippen molar-refractivity contribution in [1.29, 1.82) is 0 Å². The van der Waals surface area contributed by atoms with E-state index in [4.69, 9.17) is 10.5 Å². The Morgan fingerprint density at radius 2 is 1.92 bits per heavy atom. The van der Waals surface area contributed by atoms with Crippen molar-refractivity contribution < 1.29 is 19.1 Å². The van der Waals surface area contributed by atoms with Gasteiger partial charge in [-0.05, 0) is 71.4 Å². The SMILES string of the molecule is COCCCCC(C(=O)NC(C)(C)C)N(C(=O)c1cccc(N)n1)C1CCN(C(=O)C2CCCC2)C1. The molecule has 0 radical (unpaired) electrons. The molecular formula is C27H43N5O4. The van der Waals surface area contributed by atoms with E-state index < -0.39 is 11.6 Å². The van der Waals surface area contributed by atoms with Crippen molar-refractivity contribution in [2.75, 3.05) is 32.5 Å². The number of carbonyl (C=O) groups is 3. The van der Waals surface area contributed by atoms with Gasteiger partial charge in [-0.25, -0.2) is 4.98 Å². The number of hydrogen-bond donors (Lipinski definition) is 2. The Balaban J connectivity index is 1.90. The van der Waals surface area contributed by atoms with Gasteiger partial charge in [-0.2, -0.15) is 0 Å². The number of pyridine rings is 1. The molecule has 200 valence electrons. The van der Waals surface area contributed by atoms with Crippen LogP contribution in [0.4, 0.5) is 5.82 Å². The maximum Gasteiger partial charge on any atom is 0.273 e. The van der Waals surface area contributed by atoms with Gasteiger partial charge < -0.3 is 25.6 Å². The number of nitrogens with one attached hydrogen (secondary N) is 1. The molecular weight excluding hydrogens is 458 g/mol. The third-order valence-electron chi connectivity index (χ3n) is 7.01. The molecule has 3 rings (SSSR count). The first kappa shape index (κ1) is 27.9. The van der Waals surface area contributed by atoms with Gasteiger partial charge in [0.25, 0.3) is 5.91 Å². The minimum atomic E-state index is -0.691. The van der Waals surface area contributed by atoms with Crippen molar-refractivity contribution in [3.05, 3.63) is 23.9 Å². The van der Waals surface area contributed by atoms with Crippen LogP contribution in [0.25, 0.3) is 0 Å². The summed E-state index contributed by atoms with van der Waals surface area (Å²) >= 11 is 0. The summed E-state index contributed by atoms with van der Waals surface area (Å²) in [7, 11) is 1.65. The fourth-order valence-electron chi connectivity index (χ4n) is 5.30. The summed E-state index contributed by atoms with van der Waals surface area (Å²) in [6.07, 6.45) is 6.69. The number of nitrogen functional groups attached to an aromatic ring is 1. The third kappa shape index (κ3) is 7.41. The zero-order chi connectivity index (χ0) is 26.3. The van der Waals surface area contributed by atoms with Gasteiger partial charge in [-0.3, -0.25) is 14.4 Å². The van der Waals surface area contributed by atoms with E-state index in [-0.39, 0.29) is 41.2 Å². The number of likely N-dealkylation sites (tertiary alicyclic amines) is 1. The van der Waals surface area contributed by atoms with Crippen LogP contribution in [0.3, 0.4) is 0 Å². The molecule has 0 spiro atoms. The molecule has 0 bridgehead atoms. The Hall–Kier alpha value is -2.68. The van der Waals surface area contributed by atoms with E-state index >= 15 is 0 Å². The predicted octanol–water partition coefficient (Wildman–Crippen LogP) is 3.00. The molecule has 9 nitrogen and oxygen atoms in total. The van der Waals surface area contributed by atoms with Crippen molar-refractivity contribution in [1.82, 2.24) is 20.1 Å². The highest BCUT2D eigenvalue weighted by Crippen LogP contribution is 2.30. The van der Waals surface area contributed by atoms with Crippen LogP contribution in [0.2, 0.25) is 0 Å². The molecule has 2 heterocycles. The van der Waals surface area contributed by atoms with Crippen LogP contribution < -0.4 is 11.1 Å². The first-order chi connectivity index (χ1) is 17.1. The van der Waals surface area contributed by atoms with Crippen LogP contribution in [-0.2, 0) is 14.3 Å². The highest BCUT2D eigenvalue weighted by Gasteiger charge is 2.41. The fraction of sp³-hybridized carbons (Fsp3) is 0.704. The minimum absolute atomic E-state index is 0.0810. The van der Waals surface area contributed by atoms with Crippen LogP contribution in [0.1, 0.15) is 82.6 Å². The second-order valence-corrected chi connectivity index (χ2v) is 11.1. The van der Waals surface area contributed by atoms with Crippen LogP contribution in [0, 0.1) is 5.92 Å². The molecule has 2 atom stereocenters. The molecule has 36 heavy (non-hydrogen) atoms. The molecule has 0 aromatic carbocycles. The zero-order valence-electron chi connectivity index (χ0n) is 22.3. The van der Waals surface area contributed by atoms with Gasteiger partial charge in [-0.15, -0.1) is 0 Å². The number of hydrogen-bond acceptors (Lipinski definition) is 6. The summed E-state index contributed by atoms with van der Waals surface area (Å²) < 4.78 is 5.19. The van der Waals surface area contributed by atoms with E-state index in [0.29, 0.717) is 32.5 Å². The van der Waals surface area contributed by atoms with E-state index in [2.05, 4.69) is 10.3 Å². The number of ether oxygens (including phenoxy) is 1. The van der Waals surface area contributed by atoms with Crippen LogP contribution >= 0.6 is 0 Å². The molecule has 2 aliphatic rings. The maximum atomic E-state index is 13.9. The van der Waals surface area contributed by atoms with Crippen molar-refractivity contribution in [3.63, 3.8) is 0 Å². The lowest BCUT2D eigenvalue weighted by molar-refractivity contribution is -0.134. The first-order valence-electron chi connectivity index (χ1n) is 13.3. The number of nitrogens with zero attached hydrogens (tertiary/aromatic N) is 3. The fourth-order valence-corrected chi connectivity index (χ4v) is 5.30. The van der Waals surface area contributed by atoms with Gasteiger partial charge in [-0.1, -0.05) is 18.9 Å². The summed E-state index contributed by atoms with van der Waals surface area (Å²) in [5.74, 6) is -0.0140. The van der Waals surface area contributed by atoms with Gasteiger partial charge in [0, 0.05) is 38.3 Å². The number of carbonyl (C=O) groups excluding carboxylic acids is 3. The number of amides is 3. The highest BCUT2D eigenvalue weighted by atomic mass is 16.5. The number of unbranched alkanes of at least 4 members (excludes halogenated alkanes) is 1. The molecule has 1 saturated carbocycles. The first-order valence-corrected chi connectivity index (χ1v) is 13.3. The quantitative estimate of drug-likeness (QED) is 0.476. The molecule has 2 unspecified atom stereocenters. The van der Waals surface area contributed by atoms with E-state index in [1.165, 1.54) is 0 Å². The Morgan fingerprint density at radius 1 is 1.19 bits per heavy atom. The molecule has 9 heteroatoms. The van der Waals surface area contributed by atoms with Crippen molar-refractivity contribution >= 4 is 23.5 Å². The molecule has 1 aromatic heterocycles. The molecule has 1 aliphatic carbocycles.